The van der Waals surface area contributed by atoms with E-state index in [1.54, 1.807) is 13.8 Å². The van der Waals surface area contributed by atoms with Crippen LogP contribution >= 0.6 is 23.8 Å². The highest BCUT2D eigenvalue weighted by Crippen LogP contribution is 2.22. The van der Waals surface area contributed by atoms with E-state index >= 15 is 0 Å². The third-order valence-electron chi connectivity index (χ3n) is 2.44. The summed E-state index contributed by atoms with van der Waals surface area (Å²) in [6.45, 7) is 3.53. The molecule has 19 heavy (non-hydrogen) atoms. The predicted octanol–water partition coefficient (Wildman–Crippen LogP) is 2.07. The first-order valence-electron chi connectivity index (χ1n) is 5.42. The van der Waals surface area contributed by atoms with Crippen LogP contribution in [0.2, 0.25) is 5.02 Å². The monoisotopic (exact) mass is 324 g/mol. The van der Waals surface area contributed by atoms with Gasteiger partial charge < -0.3 is 5.73 Å². The van der Waals surface area contributed by atoms with E-state index in [2.05, 4.69) is 4.72 Å². The van der Waals surface area contributed by atoms with Gasteiger partial charge in [-0.25, -0.2) is 17.5 Å². The quantitative estimate of drug-likeness (QED) is 0.813. The van der Waals surface area contributed by atoms with Gasteiger partial charge in [-0.15, -0.1) is 0 Å². The minimum absolute atomic E-state index is 0.0195. The van der Waals surface area contributed by atoms with Gasteiger partial charge in [-0.2, -0.15) is 0 Å². The third kappa shape index (κ3) is 4.10. The first kappa shape index (κ1) is 16.3. The van der Waals surface area contributed by atoms with Crippen molar-refractivity contribution in [3.63, 3.8) is 0 Å². The SMILES string of the molecule is CC(C)C(NS(=O)(=O)c1cc(F)ccc1Cl)C(N)=S. The van der Waals surface area contributed by atoms with Gasteiger partial charge in [0.2, 0.25) is 10.0 Å². The summed E-state index contributed by atoms with van der Waals surface area (Å²) in [5.41, 5.74) is 5.49. The molecule has 0 spiro atoms. The number of nitrogens with two attached hydrogens (primary N) is 1. The van der Waals surface area contributed by atoms with Crippen LogP contribution in [0.25, 0.3) is 0 Å². The second kappa shape index (κ2) is 6.13. The van der Waals surface area contributed by atoms with Gasteiger partial charge in [-0.05, 0) is 24.1 Å². The van der Waals surface area contributed by atoms with Crippen LogP contribution in [0.5, 0.6) is 0 Å². The van der Waals surface area contributed by atoms with Crippen molar-refractivity contribution in [2.75, 3.05) is 0 Å². The van der Waals surface area contributed by atoms with Crippen molar-refractivity contribution in [3.05, 3.63) is 29.0 Å². The summed E-state index contributed by atoms with van der Waals surface area (Å²) >= 11 is 10.6. The number of halogens is 2. The van der Waals surface area contributed by atoms with Crippen LogP contribution < -0.4 is 10.5 Å². The van der Waals surface area contributed by atoms with Gasteiger partial charge in [0, 0.05) is 0 Å². The Morgan fingerprint density at radius 3 is 2.53 bits per heavy atom. The number of sulfonamides is 1. The van der Waals surface area contributed by atoms with E-state index in [9.17, 15) is 12.8 Å². The van der Waals surface area contributed by atoms with Crippen LogP contribution in [-0.2, 0) is 10.0 Å². The molecule has 0 heterocycles. The van der Waals surface area contributed by atoms with Crippen LogP contribution in [0.4, 0.5) is 4.39 Å². The van der Waals surface area contributed by atoms with Gasteiger partial charge in [0.15, 0.2) is 0 Å². The molecule has 0 radical (unpaired) electrons. The lowest BCUT2D eigenvalue weighted by atomic mass is 10.1. The van der Waals surface area contributed by atoms with Crippen molar-refractivity contribution < 1.29 is 12.8 Å². The highest BCUT2D eigenvalue weighted by Gasteiger charge is 2.26. The minimum atomic E-state index is -3.99. The van der Waals surface area contributed by atoms with E-state index in [-0.39, 0.29) is 20.8 Å². The second-order valence-electron chi connectivity index (χ2n) is 4.32. The van der Waals surface area contributed by atoms with E-state index in [0.717, 1.165) is 12.1 Å². The Hall–Kier alpha value is -0.760. The average molecular weight is 325 g/mol. The Labute approximate surface area is 122 Å². The molecule has 4 nitrogen and oxygen atoms in total. The minimum Gasteiger partial charge on any atom is -0.392 e. The molecule has 0 fully saturated rings. The van der Waals surface area contributed by atoms with E-state index < -0.39 is 21.9 Å². The van der Waals surface area contributed by atoms with Crippen LogP contribution in [0.3, 0.4) is 0 Å². The molecule has 1 rings (SSSR count). The Morgan fingerprint density at radius 2 is 2.05 bits per heavy atom. The number of benzene rings is 1. The number of hydrogen-bond acceptors (Lipinski definition) is 3. The maximum absolute atomic E-state index is 13.1. The maximum Gasteiger partial charge on any atom is 0.242 e. The molecular weight excluding hydrogens is 311 g/mol. The molecule has 106 valence electrons. The molecule has 1 unspecified atom stereocenters. The normalized spacial score (nSPS) is 13.5. The molecule has 0 aliphatic heterocycles. The lowest BCUT2D eigenvalue weighted by molar-refractivity contribution is 0.525. The zero-order valence-electron chi connectivity index (χ0n) is 10.4. The molecule has 1 atom stereocenters. The lowest BCUT2D eigenvalue weighted by Crippen LogP contribution is -2.46. The summed E-state index contributed by atoms with van der Waals surface area (Å²) in [6, 6.07) is 2.38. The van der Waals surface area contributed by atoms with Gasteiger partial charge in [-0.3, -0.25) is 0 Å². The molecule has 0 saturated heterocycles. The topological polar surface area (TPSA) is 72.2 Å². The molecule has 1 aromatic rings. The van der Waals surface area contributed by atoms with Crippen molar-refractivity contribution in [2.24, 2.45) is 11.7 Å². The zero-order chi connectivity index (χ0) is 14.8. The molecule has 0 aliphatic carbocycles. The summed E-state index contributed by atoms with van der Waals surface area (Å²) in [4.78, 5) is -0.317. The molecule has 8 heteroatoms. The fourth-order valence-electron chi connectivity index (χ4n) is 1.44. The molecule has 0 amide bonds. The fourth-order valence-corrected chi connectivity index (χ4v) is 3.72. The smallest absolute Gasteiger partial charge is 0.242 e. The highest BCUT2D eigenvalue weighted by atomic mass is 35.5. The Morgan fingerprint density at radius 1 is 1.47 bits per heavy atom. The second-order valence-corrected chi connectivity index (χ2v) is 6.88. The van der Waals surface area contributed by atoms with Crippen molar-refractivity contribution in [1.82, 2.24) is 4.72 Å². The van der Waals surface area contributed by atoms with Crippen LogP contribution in [0.1, 0.15) is 13.8 Å². The van der Waals surface area contributed by atoms with Crippen LogP contribution in [-0.4, -0.2) is 19.4 Å². The van der Waals surface area contributed by atoms with E-state index in [0.29, 0.717) is 0 Å². The summed E-state index contributed by atoms with van der Waals surface area (Å²) in [7, 11) is -3.99. The summed E-state index contributed by atoms with van der Waals surface area (Å²) in [5.74, 6) is -0.833. The number of hydrogen-bond donors (Lipinski definition) is 2. The molecule has 0 aliphatic rings. The van der Waals surface area contributed by atoms with Crippen molar-refractivity contribution in [3.8, 4) is 0 Å². The largest absolute Gasteiger partial charge is 0.392 e. The van der Waals surface area contributed by atoms with Gasteiger partial charge in [0.1, 0.15) is 10.7 Å². The molecule has 0 saturated carbocycles. The highest BCUT2D eigenvalue weighted by molar-refractivity contribution is 7.89. The Kier molecular flexibility index (Phi) is 5.26. The predicted molar refractivity (Wildman–Crippen MR) is 77.1 cm³/mol. The third-order valence-corrected chi connectivity index (χ3v) is 4.61. The maximum atomic E-state index is 13.1. The number of nitrogens with one attached hydrogen (secondary N) is 1. The summed E-state index contributed by atoms with van der Waals surface area (Å²) in [5, 5.41) is -0.0701. The molecule has 1 aromatic carbocycles. The molecule has 0 bridgehead atoms. The van der Waals surface area contributed by atoms with E-state index in [1.807, 2.05) is 0 Å². The fraction of sp³-hybridized carbons (Fsp3) is 0.364. The van der Waals surface area contributed by atoms with Gasteiger partial charge in [0.25, 0.3) is 0 Å². The van der Waals surface area contributed by atoms with Crippen LogP contribution in [0.15, 0.2) is 23.1 Å². The van der Waals surface area contributed by atoms with Crippen molar-refractivity contribution in [1.29, 1.82) is 0 Å². The van der Waals surface area contributed by atoms with Crippen molar-refractivity contribution >= 4 is 38.8 Å². The zero-order valence-corrected chi connectivity index (χ0v) is 12.7. The van der Waals surface area contributed by atoms with Crippen molar-refractivity contribution in [2.45, 2.75) is 24.8 Å². The Bertz CT molecular complexity index is 590. The van der Waals surface area contributed by atoms with E-state index in [4.69, 9.17) is 29.6 Å². The first-order valence-corrected chi connectivity index (χ1v) is 7.69. The standard InChI is InChI=1S/C11H14ClFN2O2S2/c1-6(2)10(11(14)18)15-19(16,17)9-5-7(13)3-4-8(9)12/h3-6,10,15H,1-2H3,(H2,14,18). The Balaban J connectivity index is 3.17. The molecule has 3 N–H and O–H groups in total. The van der Waals surface area contributed by atoms with E-state index in [1.165, 1.54) is 6.07 Å². The summed E-state index contributed by atoms with van der Waals surface area (Å²) in [6.07, 6.45) is 0. The first-order chi connectivity index (χ1) is 8.65. The van der Waals surface area contributed by atoms with Gasteiger partial charge >= 0.3 is 0 Å². The van der Waals surface area contributed by atoms with Gasteiger partial charge in [-0.1, -0.05) is 37.7 Å². The number of thiocarbonyl (C=S) groups is 1. The molecule has 0 aromatic heterocycles. The number of rotatable bonds is 5. The van der Waals surface area contributed by atoms with Crippen LogP contribution in [0, 0.1) is 11.7 Å². The molecular formula is C11H14ClFN2O2S2. The average Bonchev–Trinajstić information content (AvgIpc) is 2.28. The lowest BCUT2D eigenvalue weighted by Gasteiger charge is -2.21. The summed E-state index contributed by atoms with van der Waals surface area (Å²) < 4.78 is 39.8. The van der Waals surface area contributed by atoms with Gasteiger partial charge in [0.05, 0.1) is 16.1 Å².